The average molecular weight is 294 g/mol. The van der Waals surface area contributed by atoms with Gasteiger partial charge in [0.25, 0.3) is 0 Å². The summed E-state index contributed by atoms with van der Waals surface area (Å²) in [5, 5.41) is 20.4. The van der Waals surface area contributed by atoms with Crippen molar-refractivity contribution in [2.75, 3.05) is 0 Å². The third-order valence-corrected chi connectivity index (χ3v) is 4.20. The molecule has 2 atom stereocenters. The molecule has 10 heteroatoms. The summed E-state index contributed by atoms with van der Waals surface area (Å²) in [7, 11) is 0. The quantitative estimate of drug-likeness (QED) is 0.265. The van der Waals surface area contributed by atoms with Crippen LogP contribution in [0.1, 0.15) is 20.8 Å². The molecule has 0 heterocycles. The van der Waals surface area contributed by atoms with Crippen molar-refractivity contribution >= 4 is 23.0 Å². The zero-order valence-corrected chi connectivity index (χ0v) is 11.2. The third-order valence-electron chi connectivity index (χ3n) is 2.93. The topological polar surface area (TPSA) is 145 Å². The van der Waals surface area contributed by atoms with Crippen LogP contribution in [0.5, 0.6) is 0 Å². The Labute approximate surface area is 111 Å². The summed E-state index contributed by atoms with van der Waals surface area (Å²) in [4.78, 5) is 32.5. The first-order chi connectivity index (χ1) is 8.51. The van der Waals surface area contributed by atoms with Crippen molar-refractivity contribution in [3.63, 3.8) is 0 Å². The Morgan fingerprint density at radius 2 is 1.74 bits per heavy atom. The molecule has 108 valence electrons. The fourth-order valence-electron chi connectivity index (χ4n) is 1.19. The van der Waals surface area contributed by atoms with Gasteiger partial charge in [-0.15, -0.1) is 4.91 Å². The summed E-state index contributed by atoms with van der Waals surface area (Å²) in [5.74, 6) is -3.03. The van der Waals surface area contributed by atoms with Gasteiger partial charge in [0.05, 0.1) is 5.29 Å². The summed E-state index contributed by atoms with van der Waals surface area (Å²) in [6, 6.07) is 0. The highest BCUT2D eigenvalue weighted by molar-refractivity contribution is 7.80. The van der Waals surface area contributed by atoms with Gasteiger partial charge in [-0.05, 0) is 20.8 Å². The van der Waals surface area contributed by atoms with E-state index in [9.17, 15) is 28.4 Å². The van der Waals surface area contributed by atoms with Crippen LogP contribution in [0.25, 0.3) is 0 Å². The van der Waals surface area contributed by atoms with E-state index in [-0.39, 0.29) is 5.01 Å². The molecule has 0 aromatic rings. The van der Waals surface area contributed by atoms with Crippen molar-refractivity contribution in [1.29, 1.82) is 0 Å². The molecule has 9 nitrogen and oxygen atoms in total. The highest BCUT2D eigenvalue weighted by atomic mass is 32.2. The molecule has 0 amide bonds. The van der Waals surface area contributed by atoms with Crippen molar-refractivity contribution in [3.05, 3.63) is 17.2 Å². The molecule has 0 saturated heterocycles. The van der Waals surface area contributed by atoms with Crippen LogP contribution in [0, 0.1) is 4.91 Å². The van der Waals surface area contributed by atoms with Crippen LogP contribution in [0.3, 0.4) is 0 Å². The maximum absolute atomic E-state index is 11.3. The molecule has 0 aliphatic rings. The van der Waals surface area contributed by atoms with Crippen LogP contribution in [0.2, 0.25) is 0 Å². The molecule has 3 N–H and O–H groups in total. The summed E-state index contributed by atoms with van der Waals surface area (Å²) in [6.45, 7) is 3.28. The molecule has 0 spiro atoms. The number of carbonyl (C=O) groups is 2. The number of hydrogen-bond acceptors (Lipinski definition) is 5. The van der Waals surface area contributed by atoms with E-state index in [0.717, 1.165) is 20.8 Å². The monoisotopic (exact) mass is 294 g/mol. The number of nitrogens with zero attached hydrogens (tertiary/aromatic N) is 2. The van der Waals surface area contributed by atoms with Gasteiger partial charge in [0.1, 0.15) is 4.75 Å². The molecule has 0 bridgehead atoms. The van der Waals surface area contributed by atoms with Gasteiger partial charge < -0.3 is 14.8 Å². The first-order valence-electron chi connectivity index (χ1n) is 4.90. The van der Waals surface area contributed by atoms with Crippen LogP contribution >= 0.6 is 0 Å². The molecule has 0 aromatic heterocycles. The van der Waals surface area contributed by atoms with Crippen LogP contribution in [-0.4, -0.2) is 46.2 Å². The van der Waals surface area contributed by atoms with E-state index in [2.05, 4.69) is 5.29 Å². The number of rotatable bonds is 7. The number of hydrogen-bond donors (Lipinski definition) is 3. The zero-order chi connectivity index (χ0) is 15.4. The van der Waals surface area contributed by atoms with Gasteiger partial charge in [0.2, 0.25) is 0 Å². The van der Waals surface area contributed by atoms with Crippen LogP contribution < -0.4 is 0 Å². The fourth-order valence-corrected chi connectivity index (χ4v) is 1.71. The maximum Gasteiger partial charge on any atom is 0.333 e. The van der Waals surface area contributed by atoms with Crippen molar-refractivity contribution in [3.8, 4) is 0 Å². The second kappa shape index (κ2) is 5.89. The van der Waals surface area contributed by atoms with Crippen molar-refractivity contribution in [2.24, 2.45) is 5.29 Å². The zero-order valence-electron chi connectivity index (χ0n) is 10.4. The number of nitroso groups, excluding NO2 is 1. The number of aliphatic carboxylic acids is 2. The summed E-state index contributed by atoms with van der Waals surface area (Å²) >= 11 is -2.61. The van der Waals surface area contributed by atoms with Gasteiger partial charge in [-0.1, -0.05) is 0 Å². The second-order valence-electron chi connectivity index (χ2n) is 4.22. The summed E-state index contributed by atoms with van der Waals surface area (Å²) < 4.78 is 18.7. The van der Waals surface area contributed by atoms with E-state index < -0.39 is 33.3 Å². The maximum atomic E-state index is 11.3. The Kier molecular flexibility index (Phi) is 5.33. The van der Waals surface area contributed by atoms with Gasteiger partial charge in [-0.2, -0.15) is 0 Å². The second-order valence-corrected chi connectivity index (χ2v) is 5.74. The lowest BCUT2D eigenvalue weighted by atomic mass is 9.87. The standard InChI is InChI=1S/C9H14N2O7S/c1-8(2,19(17)18)9(3,7(14)15)11(10-16)5-4-6(12)13/h4-5H,1-3H3,(H,12,13)(H,14,15)(H,17,18)/b5-4+/t9-/m0/s1. The van der Waals surface area contributed by atoms with Gasteiger partial charge in [-0.3, -0.25) is 0 Å². The molecular formula is C9H14N2O7S. The normalized spacial score (nSPS) is 16.6. The molecule has 19 heavy (non-hydrogen) atoms. The predicted octanol–water partition coefficient (Wildman–Crippen LogP) is 0.412. The van der Waals surface area contributed by atoms with Crippen molar-refractivity contribution in [1.82, 2.24) is 5.01 Å². The van der Waals surface area contributed by atoms with Crippen LogP contribution in [0.4, 0.5) is 0 Å². The van der Waals surface area contributed by atoms with Crippen LogP contribution in [0.15, 0.2) is 17.6 Å². The van der Waals surface area contributed by atoms with E-state index in [4.69, 9.17) is 5.11 Å². The van der Waals surface area contributed by atoms with Gasteiger partial charge >= 0.3 is 11.9 Å². The smallest absolute Gasteiger partial charge is 0.333 e. The molecular weight excluding hydrogens is 280 g/mol. The lowest BCUT2D eigenvalue weighted by molar-refractivity contribution is -0.151. The molecule has 0 saturated carbocycles. The van der Waals surface area contributed by atoms with E-state index in [0.29, 0.717) is 12.3 Å². The molecule has 0 radical (unpaired) electrons. The molecule has 0 fully saturated rings. The predicted molar refractivity (Wildman–Crippen MR) is 65.3 cm³/mol. The summed E-state index contributed by atoms with van der Waals surface area (Å²) in [5.41, 5.74) is -2.21. The Morgan fingerprint density at radius 1 is 1.26 bits per heavy atom. The van der Waals surface area contributed by atoms with Gasteiger partial charge in [-0.25, -0.2) is 18.8 Å². The molecule has 0 aliphatic carbocycles. The van der Waals surface area contributed by atoms with Gasteiger partial charge in [0, 0.05) is 12.3 Å². The minimum atomic E-state index is -2.61. The average Bonchev–Trinajstić information content (AvgIpc) is 2.28. The van der Waals surface area contributed by atoms with Gasteiger partial charge in [0.15, 0.2) is 16.6 Å². The first kappa shape index (κ1) is 17.2. The fraction of sp³-hybridized carbons (Fsp3) is 0.556. The number of carboxylic acid groups (broad SMARTS) is 2. The Bertz CT molecular complexity index is 448. The Morgan fingerprint density at radius 3 is 2.00 bits per heavy atom. The molecule has 0 aliphatic heterocycles. The minimum Gasteiger partial charge on any atom is -0.479 e. The first-order valence-corrected chi connectivity index (χ1v) is 6.00. The minimum absolute atomic E-state index is 0.289. The highest BCUT2D eigenvalue weighted by Gasteiger charge is 2.56. The number of carboxylic acids is 2. The lowest BCUT2D eigenvalue weighted by Crippen LogP contribution is -2.63. The van der Waals surface area contributed by atoms with E-state index in [1.165, 1.54) is 0 Å². The van der Waals surface area contributed by atoms with E-state index in [1.807, 2.05) is 0 Å². The Hall–Kier alpha value is -1.81. The lowest BCUT2D eigenvalue weighted by Gasteiger charge is -2.41. The third kappa shape index (κ3) is 3.15. The largest absolute Gasteiger partial charge is 0.479 e. The SMILES string of the molecule is CC(C)(S(=O)O)[C@](C)(C(=O)O)N(/C=C/C(=O)O)N=O. The molecule has 1 unspecified atom stereocenters. The van der Waals surface area contributed by atoms with E-state index in [1.54, 1.807) is 0 Å². The molecule has 0 aromatic carbocycles. The molecule has 0 rings (SSSR count). The van der Waals surface area contributed by atoms with E-state index >= 15 is 0 Å². The Balaban J connectivity index is 5.88. The van der Waals surface area contributed by atoms with Crippen molar-refractivity contribution < 1.29 is 28.6 Å². The van der Waals surface area contributed by atoms with Crippen molar-refractivity contribution in [2.45, 2.75) is 31.1 Å². The van der Waals surface area contributed by atoms with Crippen LogP contribution in [-0.2, 0) is 20.7 Å². The summed E-state index contributed by atoms with van der Waals surface area (Å²) in [6.07, 6.45) is 1.12. The highest BCUT2D eigenvalue weighted by Crippen LogP contribution is 2.34.